The maximum atomic E-state index is 13.1. The maximum absolute atomic E-state index is 13.1. The second-order valence-corrected chi connectivity index (χ2v) is 7.73. The van der Waals surface area contributed by atoms with Crippen LogP contribution in [0, 0.1) is 11.2 Å². The normalized spacial score (nSPS) is 23.4. The first-order valence-corrected chi connectivity index (χ1v) is 9.75. The molecule has 1 N–H and O–H groups in total. The number of carbonyl (C=O) groups is 1. The van der Waals surface area contributed by atoms with Gasteiger partial charge in [0.2, 0.25) is 0 Å². The molecule has 1 aromatic carbocycles. The average Bonchev–Trinajstić information content (AvgIpc) is 3.35. The van der Waals surface area contributed by atoms with Crippen LogP contribution in [0.4, 0.5) is 4.39 Å². The molecule has 0 radical (unpaired) electrons. The van der Waals surface area contributed by atoms with E-state index in [4.69, 9.17) is 4.74 Å². The largest absolute Gasteiger partial charge is 0.378 e. The summed E-state index contributed by atoms with van der Waals surface area (Å²) in [5, 5.41) is 7.09. The standard InChI is InChI=1S/C21H26FN3O2/c1-3-27-19-13-18(21(19)10-4-5-11-21)25(2)20(26)17-12-16(23-24-17)14-6-8-15(22)9-7-14/h6-9,12,18-19H,3-5,10-11,13H2,1-2H3,(H,23,24)/t18-,19+/m1/s1. The van der Waals surface area contributed by atoms with Crippen molar-refractivity contribution in [3.05, 3.63) is 41.8 Å². The Hall–Kier alpha value is -2.21. The summed E-state index contributed by atoms with van der Waals surface area (Å²) in [6.45, 7) is 2.75. The minimum Gasteiger partial charge on any atom is -0.378 e. The van der Waals surface area contributed by atoms with Crippen LogP contribution in [0.25, 0.3) is 11.3 Å². The van der Waals surface area contributed by atoms with Gasteiger partial charge in [-0.15, -0.1) is 0 Å². The molecule has 0 bridgehead atoms. The third-order valence-corrected chi connectivity index (χ3v) is 6.38. The molecule has 1 spiro atoms. The fourth-order valence-corrected chi connectivity index (χ4v) is 4.93. The van der Waals surface area contributed by atoms with Crippen LogP contribution in [-0.2, 0) is 4.74 Å². The molecule has 2 saturated carbocycles. The topological polar surface area (TPSA) is 58.2 Å². The van der Waals surface area contributed by atoms with E-state index in [0.29, 0.717) is 11.4 Å². The number of nitrogens with zero attached hydrogens (tertiary/aromatic N) is 2. The first kappa shape index (κ1) is 18.2. The van der Waals surface area contributed by atoms with Crippen LogP contribution in [0.1, 0.15) is 49.5 Å². The lowest BCUT2D eigenvalue weighted by molar-refractivity contribution is -0.152. The van der Waals surface area contributed by atoms with Crippen LogP contribution in [0.3, 0.4) is 0 Å². The molecule has 0 aliphatic heterocycles. The Bertz CT molecular complexity index is 811. The third kappa shape index (κ3) is 3.06. The molecule has 6 heteroatoms. The van der Waals surface area contributed by atoms with Gasteiger partial charge in [-0.25, -0.2) is 4.39 Å². The van der Waals surface area contributed by atoms with E-state index in [-0.39, 0.29) is 29.3 Å². The first-order chi connectivity index (χ1) is 13.0. The molecule has 2 aliphatic rings. The zero-order valence-corrected chi connectivity index (χ0v) is 15.9. The van der Waals surface area contributed by atoms with Crippen molar-refractivity contribution in [1.29, 1.82) is 0 Å². The van der Waals surface area contributed by atoms with Crippen molar-refractivity contribution in [3.8, 4) is 11.3 Å². The molecule has 5 nitrogen and oxygen atoms in total. The van der Waals surface area contributed by atoms with Gasteiger partial charge < -0.3 is 9.64 Å². The summed E-state index contributed by atoms with van der Waals surface area (Å²) in [7, 11) is 1.88. The van der Waals surface area contributed by atoms with Gasteiger partial charge in [0.1, 0.15) is 11.5 Å². The highest BCUT2D eigenvalue weighted by Crippen LogP contribution is 2.56. The Morgan fingerprint density at radius 2 is 2.04 bits per heavy atom. The number of benzene rings is 1. The molecule has 2 aliphatic carbocycles. The minimum atomic E-state index is -0.291. The van der Waals surface area contributed by atoms with Gasteiger partial charge in [0.05, 0.1) is 11.8 Å². The van der Waals surface area contributed by atoms with E-state index in [9.17, 15) is 9.18 Å². The van der Waals surface area contributed by atoms with Gasteiger partial charge in [0.25, 0.3) is 5.91 Å². The van der Waals surface area contributed by atoms with Crippen LogP contribution in [0.2, 0.25) is 0 Å². The number of hydrogen-bond donors (Lipinski definition) is 1. The summed E-state index contributed by atoms with van der Waals surface area (Å²) in [5.41, 5.74) is 2.00. The average molecular weight is 371 g/mol. The van der Waals surface area contributed by atoms with Gasteiger partial charge in [0, 0.05) is 30.7 Å². The van der Waals surface area contributed by atoms with Crippen LogP contribution in [0.5, 0.6) is 0 Å². The predicted molar refractivity (Wildman–Crippen MR) is 101 cm³/mol. The number of hydrogen-bond acceptors (Lipinski definition) is 3. The minimum absolute atomic E-state index is 0.0536. The van der Waals surface area contributed by atoms with E-state index in [1.54, 1.807) is 18.2 Å². The van der Waals surface area contributed by atoms with Crippen molar-refractivity contribution < 1.29 is 13.9 Å². The fourth-order valence-electron chi connectivity index (χ4n) is 4.93. The molecular weight excluding hydrogens is 345 g/mol. The number of aromatic amines is 1. The van der Waals surface area contributed by atoms with Gasteiger partial charge >= 0.3 is 0 Å². The van der Waals surface area contributed by atoms with Crippen LogP contribution in [0.15, 0.2) is 30.3 Å². The van der Waals surface area contributed by atoms with Gasteiger partial charge in [0.15, 0.2) is 0 Å². The number of carbonyl (C=O) groups excluding carboxylic acids is 1. The van der Waals surface area contributed by atoms with Crippen molar-refractivity contribution in [3.63, 3.8) is 0 Å². The molecule has 2 atom stereocenters. The van der Waals surface area contributed by atoms with E-state index < -0.39 is 0 Å². The zero-order valence-electron chi connectivity index (χ0n) is 15.9. The summed E-state index contributed by atoms with van der Waals surface area (Å²) < 4.78 is 19.1. The molecule has 1 heterocycles. The molecule has 0 unspecified atom stereocenters. The molecule has 0 saturated heterocycles. The van der Waals surface area contributed by atoms with E-state index in [1.807, 2.05) is 18.9 Å². The van der Waals surface area contributed by atoms with Gasteiger partial charge in [-0.05, 0) is 56.5 Å². The third-order valence-electron chi connectivity index (χ3n) is 6.38. The fraction of sp³-hybridized carbons (Fsp3) is 0.524. The first-order valence-electron chi connectivity index (χ1n) is 9.75. The van der Waals surface area contributed by atoms with Gasteiger partial charge in [-0.3, -0.25) is 9.89 Å². The van der Waals surface area contributed by atoms with E-state index in [0.717, 1.165) is 31.4 Å². The summed E-state index contributed by atoms with van der Waals surface area (Å²) in [5.74, 6) is -0.344. The molecule has 2 aromatic rings. The van der Waals surface area contributed by atoms with Crippen molar-refractivity contribution in [1.82, 2.24) is 15.1 Å². The lowest BCUT2D eigenvalue weighted by Crippen LogP contribution is -2.64. The number of ether oxygens (including phenoxy) is 1. The molecule has 144 valence electrons. The predicted octanol–water partition coefficient (Wildman–Crippen LogP) is 4.03. The number of amides is 1. The number of aromatic nitrogens is 2. The van der Waals surface area contributed by atoms with Crippen molar-refractivity contribution >= 4 is 5.91 Å². The van der Waals surface area contributed by atoms with Crippen molar-refractivity contribution in [2.75, 3.05) is 13.7 Å². The lowest BCUT2D eigenvalue weighted by Gasteiger charge is -2.56. The Balaban J connectivity index is 1.50. The van der Waals surface area contributed by atoms with Crippen LogP contribution < -0.4 is 0 Å². The Kier molecular flexibility index (Phi) is 4.76. The van der Waals surface area contributed by atoms with Gasteiger partial charge in [-0.1, -0.05) is 12.8 Å². The Morgan fingerprint density at radius 1 is 1.33 bits per heavy atom. The Morgan fingerprint density at radius 3 is 2.70 bits per heavy atom. The summed E-state index contributed by atoms with van der Waals surface area (Å²) >= 11 is 0. The molecule has 1 amide bonds. The number of H-pyrrole nitrogens is 1. The van der Waals surface area contributed by atoms with E-state index in [1.165, 1.54) is 25.0 Å². The summed E-state index contributed by atoms with van der Waals surface area (Å²) in [6, 6.07) is 8.06. The van der Waals surface area contributed by atoms with E-state index in [2.05, 4.69) is 10.2 Å². The second-order valence-electron chi connectivity index (χ2n) is 7.73. The molecule has 2 fully saturated rings. The van der Waals surface area contributed by atoms with Crippen molar-refractivity contribution in [2.45, 2.75) is 51.2 Å². The number of nitrogens with one attached hydrogen (secondary N) is 1. The van der Waals surface area contributed by atoms with Crippen LogP contribution in [-0.4, -0.2) is 46.8 Å². The maximum Gasteiger partial charge on any atom is 0.271 e. The lowest BCUT2D eigenvalue weighted by atomic mass is 9.60. The van der Waals surface area contributed by atoms with Crippen molar-refractivity contribution in [2.24, 2.45) is 5.41 Å². The smallest absolute Gasteiger partial charge is 0.271 e. The number of rotatable bonds is 5. The number of halogens is 1. The molecule has 27 heavy (non-hydrogen) atoms. The highest BCUT2D eigenvalue weighted by atomic mass is 19.1. The highest BCUT2D eigenvalue weighted by Gasteiger charge is 2.58. The quantitative estimate of drug-likeness (QED) is 0.863. The SMILES string of the molecule is CCO[C@H]1C[C@@H](N(C)C(=O)c2cc(-c3ccc(F)cc3)n[nH]2)C12CCCC2. The summed E-state index contributed by atoms with van der Waals surface area (Å²) in [6.07, 6.45) is 5.84. The molecule has 4 rings (SSSR count). The van der Waals surface area contributed by atoms with E-state index >= 15 is 0 Å². The highest BCUT2D eigenvalue weighted by molar-refractivity contribution is 5.93. The summed E-state index contributed by atoms with van der Waals surface area (Å²) in [4.78, 5) is 14.9. The zero-order chi connectivity index (χ0) is 19.0. The molecular formula is C21H26FN3O2. The molecule has 1 aromatic heterocycles. The monoisotopic (exact) mass is 371 g/mol. The second kappa shape index (κ2) is 7.08. The van der Waals surface area contributed by atoms with Gasteiger partial charge in [-0.2, -0.15) is 5.10 Å². The Labute approximate surface area is 158 Å². The van der Waals surface area contributed by atoms with Crippen LogP contribution >= 0.6 is 0 Å².